The number of benzene rings is 1. The summed E-state index contributed by atoms with van der Waals surface area (Å²) in [5.74, 6) is -0.0121. The monoisotopic (exact) mass is 294 g/mol. The molecule has 112 valence electrons. The van der Waals surface area contributed by atoms with Crippen molar-refractivity contribution in [1.29, 1.82) is 0 Å². The van der Waals surface area contributed by atoms with E-state index in [0.29, 0.717) is 6.54 Å². The fourth-order valence-corrected chi connectivity index (χ4v) is 2.45. The Bertz CT molecular complexity index is 690. The second-order valence-electron chi connectivity index (χ2n) is 5.06. The van der Waals surface area contributed by atoms with Crippen molar-refractivity contribution in [2.45, 2.75) is 12.5 Å². The highest BCUT2D eigenvalue weighted by atomic mass is 16.2. The van der Waals surface area contributed by atoms with Crippen LogP contribution < -0.4 is 5.32 Å². The molecule has 3 rings (SSSR count). The van der Waals surface area contributed by atoms with Gasteiger partial charge in [0.25, 0.3) is 0 Å². The lowest BCUT2D eigenvalue weighted by Gasteiger charge is -2.19. The number of hydrogen-bond donors (Lipinski definition) is 2. The molecule has 0 saturated carbocycles. The van der Waals surface area contributed by atoms with Crippen molar-refractivity contribution in [3.63, 3.8) is 0 Å². The maximum Gasteiger partial charge on any atom is 0.247 e. The summed E-state index contributed by atoms with van der Waals surface area (Å²) in [4.78, 5) is 19.6. The average Bonchev–Trinajstić information content (AvgIpc) is 3.22. The van der Waals surface area contributed by atoms with Crippen LogP contribution in [0.3, 0.4) is 0 Å². The van der Waals surface area contributed by atoms with Gasteiger partial charge < -0.3 is 14.9 Å². The van der Waals surface area contributed by atoms with Crippen molar-refractivity contribution in [3.8, 4) is 0 Å². The van der Waals surface area contributed by atoms with Crippen LogP contribution in [0.25, 0.3) is 0 Å². The summed E-state index contributed by atoms with van der Waals surface area (Å²) in [5.41, 5.74) is 1.98. The molecule has 0 aliphatic rings. The molecule has 22 heavy (non-hydrogen) atoms. The molecule has 1 atom stereocenters. The van der Waals surface area contributed by atoms with Crippen molar-refractivity contribution in [2.75, 3.05) is 6.54 Å². The second-order valence-corrected chi connectivity index (χ2v) is 5.06. The maximum atomic E-state index is 12.6. The van der Waals surface area contributed by atoms with Gasteiger partial charge in [-0.25, -0.2) is 4.98 Å². The summed E-state index contributed by atoms with van der Waals surface area (Å²) in [6, 6.07) is 13.3. The normalized spacial score (nSPS) is 12.0. The Kier molecular flexibility index (Phi) is 4.34. The highest BCUT2D eigenvalue weighted by Gasteiger charge is 2.21. The standard InChI is InChI=1S/C17H18N4O/c22-17(19-9-8-15-12-18-13-20-15)16(21-10-4-5-11-21)14-6-2-1-3-7-14/h1-7,10-13,16H,8-9H2,(H,18,20)(H,19,22)/t16-/m1/s1. The Morgan fingerprint density at radius 1 is 1.18 bits per heavy atom. The van der Waals surface area contributed by atoms with E-state index in [1.54, 1.807) is 12.5 Å². The molecule has 3 aromatic rings. The third-order valence-corrected chi connectivity index (χ3v) is 3.54. The van der Waals surface area contributed by atoms with Crippen LogP contribution in [0.15, 0.2) is 67.4 Å². The minimum Gasteiger partial charge on any atom is -0.354 e. The van der Waals surface area contributed by atoms with Crippen LogP contribution in [0.4, 0.5) is 0 Å². The van der Waals surface area contributed by atoms with Crippen LogP contribution >= 0.6 is 0 Å². The van der Waals surface area contributed by atoms with Gasteiger partial charge in [0.2, 0.25) is 5.91 Å². The van der Waals surface area contributed by atoms with E-state index >= 15 is 0 Å². The molecule has 0 spiro atoms. The van der Waals surface area contributed by atoms with Gasteiger partial charge in [-0.3, -0.25) is 4.79 Å². The number of imidazole rings is 1. The Balaban J connectivity index is 1.70. The van der Waals surface area contributed by atoms with Crippen LogP contribution in [-0.2, 0) is 11.2 Å². The number of nitrogens with one attached hydrogen (secondary N) is 2. The topological polar surface area (TPSA) is 62.7 Å². The molecular weight excluding hydrogens is 276 g/mol. The predicted octanol–water partition coefficient (Wildman–Crippen LogP) is 2.16. The highest BCUT2D eigenvalue weighted by molar-refractivity contribution is 5.83. The molecule has 1 amide bonds. The molecule has 0 aliphatic heterocycles. The zero-order valence-electron chi connectivity index (χ0n) is 12.1. The van der Waals surface area contributed by atoms with E-state index in [1.807, 2.05) is 59.4 Å². The maximum absolute atomic E-state index is 12.6. The molecule has 5 nitrogen and oxygen atoms in total. The van der Waals surface area contributed by atoms with Crippen molar-refractivity contribution in [2.24, 2.45) is 0 Å². The quantitative estimate of drug-likeness (QED) is 0.732. The van der Waals surface area contributed by atoms with Gasteiger partial charge in [0.05, 0.1) is 6.33 Å². The lowest BCUT2D eigenvalue weighted by molar-refractivity contribution is -0.123. The molecule has 0 radical (unpaired) electrons. The molecule has 2 N–H and O–H groups in total. The largest absolute Gasteiger partial charge is 0.354 e. The minimum atomic E-state index is -0.349. The SMILES string of the molecule is O=C(NCCc1cnc[nH]1)[C@@H](c1ccccc1)n1cccc1. The molecule has 0 unspecified atom stereocenters. The summed E-state index contributed by atoms with van der Waals surface area (Å²) >= 11 is 0. The predicted molar refractivity (Wildman–Crippen MR) is 84.3 cm³/mol. The van der Waals surface area contributed by atoms with E-state index in [0.717, 1.165) is 17.7 Å². The third-order valence-electron chi connectivity index (χ3n) is 3.54. The summed E-state index contributed by atoms with van der Waals surface area (Å²) < 4.78 is 1.92. The molecule has 2 heterocycles. The molecular formula is C17H18N4O. The third kappa shape index (κ3) is 3.25. The van der Waals surface area contributed by atoms with E-state index < -0.39 is 0 Å². The van der Waals surface area contributed by atoms with E-state index in [1.165, 1.54) is 0 Å². The summed E-state index contributed by atoms with van der Waals surface area (Å²) in [6.07, 6.45) is 7.97. The van der Waals surface area contributed by atoms with Crippen LogP contribution in [-0.4, -0.2) is 27.0 Å². The first-order valence-corrected chi connectivity index (χ1v) is 7.27. The van der Waals surface area contributed by atoms with Crippen LogP contribution in [0.5, 0.6) is 0 Å². The first kappa shape index (κ1) is 14.1. The van der Waals surface area contributed by atoms with Gasteiger partial charge in [-0.2, -0.15) is 0 Å². The number of carbonyl (C=O) groups is 1. The Hall–Kier alpha value is -2.82. The van der Waals surface area contributed by atoms with Crippen LogP contribution in [0, 0.1) is 0 Å². The Morgan fingerprint density at radius 2 is 1.95 bits per heavy atom. The number of amides is 1. The molecule has 0 saturated heterocycles. The van der Waals surface area contributed by atoms with E-state index in [2.05, 4.69) is 15.3 Å². The Labute approximate surface area is 129 Å². The molecule has 0 aliphatic carbocycles. The van der Waals surface area contributed by atoms with Crippen molar-refractivity contribution in [1.82, 2.24) is 19.9 Å². The summed E-state index contributed by atoms with van der Waals surface area (Å²) in [7, 11) is 0. The van der Waals surface area contributed by atoms with Crippen molar-refractivity contribution >= 4 is 5.91 Å². The number of rotatable bonds is 6. The Morgan fingerprint density at radius 3 is 2.64 bits per heavy atom. The van der Waals surface area contributed by atoms with Gasteiger partial charge in [-0.15, -0.1) is 0 Å². The minimum absolute atomic E-state index is 0.0121. The number of H-pyrrole nitrogens is 1. The first-order chi connectivity index (χ1) is 10.8. The summed E-state index contributed by atoms with van der Waals surface area (Å²) in [5, 5.41) is 3.00. The second kappa shape index (κ2) is 6.76. The fourth-order valence-electron chi connectivity index (χ4n) is 2.45. The number of aromatic nitrogens is 3. The number of carbonyl (C=O) groups excluding carboxylic acids is 1. The van der Waals surface area contributed by atoms with E-state index in [9.17, 15) is 4.79 Å². The van der Waals surface area contributed by atoms with Crippen LogP contribution in [0.1, 0.15) is 17.3 Å². The smallest absolute Gasteiger partial charge is 0.247 e. The van der Waals surface area contributed by atoms with Gasteiger partial charge >= 0.3 is 0 Å². The molecule has 2 aromatic heterocycles. The van der Waals surface area contributed by atoms with E-state index in [4.69, 9.17) is 0 Å². The fraction of sp³-hybridized carbons (Fsp3) is 0.176. The zero-order chi connectivity index (χ0) is 15.2. The van der Waals surface area contributed by atoms with Crippen molar-refractivity contribution < 1.29 is 4.79 Å². The molecule has 0 bridgehead atoms. The van der Waals surface area contributed by atoms with Gasteiger partial charge in [0.1, 0.15) is 6.04 Å². The lowest BCUT2D eigenvalue weighted by atomic mass is 10.1. The van der Waals surface area contributed by atoms with E-state index in [-0.39, 0.29) is 11.9 Å². The number of hydrogen-bond acceptors (Lipinski definition) is 2. The molecule has 1 aromatic carbocycles. The van der Waals surface area contributed by atoms with Gasteiger partial charge in [-0.05, 0) is 17.7 Å². The molecule has 0 fully saturated rings. The highest BCUT2D eigenvalue weighted by Crippen LogP contribution is 2.18. The lowest BCUT2D eigenvalue weighted by Crippen LogP contribution is -2.34. The van der Waals surface area contributed by atoms with Crippen LogP contribution in [0.2, 0.25) is 0 Å². The van der Waals surface area contributed by atoms with Gasteiger partial charge in [0, 0.05) is 37.3 Å². The zero-order valence-corrected chi connectivity index (χ0v) is 12.1. The average molecular weight is 294 g/mol. The van der Waals surface area contributed by atoms with Crippen molar-refractivity contribution in [3.05, 3.63) is 78.6 Å². The van der Waals surface area contributed by atoms with Gasteiger partial charge in [0.15, 0.2) is 0 Å². The first-order valence-electron chi connectivity index (χ1n) is 7.27. The number of aromatic amines is 1. The molecule has 5 heteroatoms. The number of nitrogens with zero attached hydrogens (tertiary/aromatic N) is 2. The van der Waals surface area contributed by atoms with Gasteiger partial charge in [-0.1, -0.05) is 30.3 Å². The summed E-state index contributed by atoms with van der Waals surface area (Å²) in [6.45, 7) is 0.575.